The van der Waals surface area contributed by atoms with Crippen LogP contribution in [0.15, 0.2) is 72.8 Å². The predicted octanol–water partition coefficient (Wildman–Crippen LogP) is 7.27. The molecule has 0 saturated heterocycles. The summed E-state index contributed by atoms with van der Waals surface area (Å²) in [5.74, 6) is -0.768. The second-order valence-electron chi connectivity index (χ2n) is 9.42. The highest BCUT2D eigenvalue weighted by molar-refractivity contribution is 6.09. The van der Waals surface area contributed by atoms with Crippen molar-refractivity contribution in [3.8, 4) is 11.1 Å². The number of non-ortho nitro benzene ring substituents is 1. The van der Waals surface area contributed by atoms with Crippen molar-refractivity contribution < 1.29 is 32.4 Å². The van der Waals surface area contributed by atoms with E-state index in [4.69, 9.17) is 4.74 Å². The van der Waals surface area contributed by atoms with E-state index >= 15 is 0 Å². The van der Waals surface area contributed by atoms with Crippen LogP contribution in [-0.4, -0.2) is 27.1 Å². The van der Waals surface area contributed by atoms with Crippen LogP contribution in [0.25, 0.3) is 22.0 Å². The third kappa shape index (κ3) is 5.51. The Hall–Kier alpha value is -4.67. The minimum Gasteiger partial charge on any atom is -0.443 e. The molecule has 196 valence electrons. The van der Waals surface area contributed by atoms with E-state index in [0.29, 0.717) is 5.39 Å². The van der Waals surface area contributed by atoms with Gasteiger partial charge in [0.25, 0.3) is 11.6 Å². The highest BCUT2D eigenvalue weighted by Gasteiger charge is 2.33. The maximum atomic E-state index is 13.5. The minimum absolute atomic E-state index is 0.0636. The van der Waals surface area contributed by atoms with Gasteiger partial charge in [-0.25, -0.2) is 9.36 Å². The fourth-order valence-electron chi connectivity index (χ4n) is 3.92. The first-order chi connectivity index (χ1) is 17.7. The first-order valence-electron chi connectivity index (χ1n) is 11.4. The van der Waals surface area contributed by atoms with Crippen molar-refractivity contribution in [1.29, 1.82) is 0 Å². The number of nitrogens with one attached hydrogen (secondary N) is 1. The number of rotatable bonds is 4. The van der Waals surface area contributed by atoms with Gasteiger partial charge in [0, 0.05) is 23.2 Å². The zero-order valence-corrected chi connectivity index (χ0v) is 20.5. The van der Waals surface area contributed by atoms with Crippen LogP contribution in [0.3, 0.4) is 0 Å². The van der Waals surface area contributed by atoms with Gasteiger partial charge in [-0.05, 0) is 62.2 Å². The van der Waals surface area contributed by atoms with E-state index in [0.717, 1.165) is 16.7 Å². The second kappa shape index (κ2) is 9.66. The number of hydrogen-bond acceptors (Lipinski definition) is 5. The van der Waals surface area contributed by atoms with Gasteiger partial charge in [-0.3, -0.25) is 14.9 Å². The van der Waals surface area contributed by atoms with Crippen molar-refractivity contribution in [2.45, 2.75) is 32.5 Å². The Labute approximate surface area is 214 Å². The number of aromatic nitrogens is 1. The molecule has 4 aromatic rings. The Balaban J connectivity index is 1.75. The van der Waals surface area contributed by atoms with Crippen LogP contribution in [0, 0.1) is 10.1 Å². The Kier molecular flexibility index (Phi) is 6.71. The van der Waals surface area contributed by atoms with Crippen molar-refractivity contribution in [1.82, 2.24) is 4.57 Å². The minimum atomic E-state index is -4.58. The lowest BCUT2D eigenvalue weighted by molar-refractivity contribution is -0.384. The molecule has 3 aromatic carbocycles. The summed E-state index contributed by atoms with van der Waals surface area (Å²) in [5, 5.41) is 14.3. The zero-order chi connectivity index (χ0) is 27.8. The number of anilines is 1. The van der Waals surface area contributed by atoms with Gasteiger partial charge in [0.15, 0.2) is 0 Å². The fraction of sp³-hybridized carbons (Fsp3) is 0.185. The molecule has 8 nitrogen and oxygen atoms in total. The SMILES string of the molecule is CC(C)(C)OC(=O)n1c(C(=O)Nc2cccc(-c3ccccc3C(F)(F)F)c2)cc2ccc([N+](=O)[O-])cc21. The Morgan fingerprint density at radius 2 is 1.66 bits per heavy atom. The van der Waals surface area contributed by atoms with Gasteiger partial charge in [0.1, 0.15) is 11.3 Å². The third-order valence-electron chi connectivity index (χ3n) is 5.47. The summed E-state index contributed by atoms with van der Waals surface area (Å²) in [6, 6.07) is 16.1. The lowest BCUT2D eigenvalue weighted by Gasteiger charge is -2.20. The highest BCUT2D eigenvalue weighted by Crippen LogP contribution is 2.37. The quantitative estimate of drug-likeness (QED) is 0.223. The molecular weight excluding hydrogens is 503 g/mol. The van der Waals surface area contributed by atoms with Crippen molar-refractivity contribution in [2.75, 3.05) is 5.32 Å². The maximum Gasteiger partial charge on any atom is 0.419 e. The van der Waals surface area contributed by atoms with E-state index in [1.165, 1.54) is 60.7 Å². The number of alkyl halides is 3. The monoisotopic (exact) mass is 525 g/mol. The number of nitrogens with zero attached hydrogens (tertiary/aromatic N) is 2. The van der Waals surface area contributed by atoms with Gasteiger partial charge in [-0.1, -0.05) is 30.3 Å². The molecule has 0 unspecified atom stereocenters. The fourth-order valence-corrected chi connectivity index (χ4v) is 3.92. The van der Waals surface area contributed by atoms with E-state index in [2.05, 4.69) is 5.32 Å². The van der Waals surface area contributed by atoms with E-state index < -0.39 is 34.3 Å². The number of ether oxygens (including phenoxy) is 1. The standard InChI is InChI=1S/C27H22F3N3O5/c1-26(2,3)38-25(35)32-22-15-19(33(36)37)12-11-17(22)14-23(32)24(34)31-18-8-6-7-16(13-18)20-9-4-5-10-21(20)27(28,29)30/h4-15H,1-3H3,(H,31,34). The van der Waals surface area contributed by atoms with Crippen LogP contribution < -0.4 is 5.32 Å². The van der Waals surface area contributed by atoms with Crippen molar-refractivity contribution in [2.24, 2.45) is 0 Å². The largest absolute Gasteiger partial charge is 0.443 e. The smallest absolute Gasteiger partial charge is 0.419 e. The van der Waals surface area contributed by atoms with E-state index in [-0.39, 0.29) is 33.7 Å². The van der Waals surface area contributed by atoms with Gasteiger partial charge in [-0.15, -0.1) is 0 Å². The normalized spacial score (nSPS) is 11.8. The van der Waals surface area contributed by atoms with Gasteiger partial charge >= 0.3 is 12.3 Å². The molecule has 0 bridgehead atoms. The number of fused-ring (bicyclic) bond motifs is 1. The van der Waals surface area contributed by atoms with Gasteiger partial charge in [0.2, 0.25) is 0 Å². The summed E-state index contributed by atoms with van der Waals surface area (Å²) in [7, 11) is 0. The van der Waals surface area contributed by atoms with E-state index in [1.807, 2.05) is 0 Å². The zero-order valence-electron chi connectivity index (χ0n) is 20.5. The molecule has 0 saturated carbocycles. The van der Waals surface area contributed by atoms with Gasteiger partial charge < -0.3 is 10.1 Å². The third-order valence-corrected chi connectivity index (χ3v) is 5.47. The Morgan fingerprint density at radius 3 is 2.32 bits per heavy atom. The molecule has 1 N–H and O–H groups in total. The number of amides is 1. The summed E-state index contributed by atoms with van der Waals surface area (Å²) < 4.78 is 46.9. The van der Waals surface area contributed by atoms with Gasteiger partial charge in [0.05, 0.1) is 16.0 Å². The molecule has 1 heterocycles. The summed E-state index contributed by atoms with van der Waals surface area (Å²) in [6.07, 6.45) is -5.50. The van der Waals surface area contributed by atoms with Crippen LogP contribution in [0.5, 0.6) is 0 Å². The summed E-state index contributed by atoms with van der Waals surface area (Å²) in [6.45, 7) is 4.88. The Bertz CT molecular complexity index is 1570. The van der Waals surface area contributed by atoms with Crippen molar-refractivity contribution >= 4 is 34.3 Å². The molecule has 0 aliphatic heterocycles. The average Bonchev–Trinajstić information content (AvgIpc) is 3.22. The average molecular weight is 525 g/mol. The van der Waals surface area contributed by atoms with Crippen LogP contribution in [0.1, 0.15) is 36.8 Å². The van der Waals surface area contributed by atoms with Crippen molar-refractivity contribution in [3.63, 3.8) is 0 Å². The lowest BCUT2D eigenvalue weighted by atomic mass is 9.99. The van der Waals surface area contributed by atoms with Crippen LogP contribution >= 0.6 is 0 Å². The first kappa shape index (κ1) is 26.4. The number of hydrogen-bond donors (Lipinski definition) is 1. The van der Waals surface area contributed by atoms with Crippen LogP contribution in [0.4, 0.5) is 29.3 Å². The van der Waals surface area contributed by atoms with Crippen LogP contribution in [0.2, 0.25) is 0 Å². The topological polar surface area (TPSA) is 103 Å². The molecule has 38 heavy (non-hydrogen) atoms. The second-order valence-corrected chi connectivity index (χ2v) is 9.42. The number of nitro groups is 1. The number of halogens is 3. The molecule has 0 aliphatic carbocycles. The number of carbonyl (C=O) groups excluding carboxylic acids is 2. The molecule has 4 rings (SSSR count). The number of benzene rings is 3. The highest BCUT2D eigenvalue weighted by atomic mass is 19.4. The summed E-state index contributed by atoms with van der Waals surface area (Å²) in [4.78, 5) is 37.0. The molecule has 0 aliphatic rings. The van der Waals surface area contributed by atoms with E-state index in [1.54, 1.807) is 20.8 Å². The molecule has 1 aromatic heterocycles. The number of carbonyl (C=O) groups is 2. The van der Waals surface area contributed by atoms with Crippen LogP contribution in [-0.2, 0) is 10.9 Å². The Morgan fingerprint density at radius 1 is 0.947 bits per heavy atom. The molecule has 0 atom stereocenters. The lowest BCUT2D eigenvalue weighted by Crippen LogP contribution is -2.29. The first-order valence-corrected chi connectivity index (χ1v) is 11.4. The molecule has 0 spiro atoms. The number of nitro benzene ring substituents is 1. The predicted molar refractivity (Wildman–Crippen MR) is 135 cm³/mol. The van der Waals surface area contributed by atoms with E-state index in [9.17, 15) is 32.9 Å². The maximum absolute atomic E-state index is 13.5. The van der Waals surface area contributed by atoms with Crippen molar-refractivity contribution in [3.05, 3.63) is 94.2 Å². The molecular formula is C27H22F3N3O5. The van der Waals surface area contributed by atoms with Gasteiger partial charge in [-0.2, -0.15) is 13.2 Å². The molecule has 11 heteroatoms. The summed E-state index contributed by atoms with van der Waals surface area (Å²) in [5.41, 5.74) is -1.79. The molecule has 0 radical (unpaired) electrons. The summed E-state index contributed by atoms with van der Waals surface area (Å²) >= 11 is 0. The molecule has 0 fully saturated rings. The molecule has 1 amide bonds.